The molecule has 0 aliphatic rings. The van der Waals surface area contributed by atoms with E-state index in [0.717, 1.165) is 28.8 Å². The molecule has 6 heteroatoms. The second kappa shape index (κ2) is 9.79. The van der Waals surface area contributed by atoms with E-state index in [1.807, 2.05) is 60.0 Å². The molecule has 0 aliphatic heterocycles. The number of nitrogens with zero attached hydrogens (tertiary/aromatic N) is 2. The number of rotatable bonds is 8. The standard InChI is InChI=1S/C26H24ClN3O2/c1-18-8-10-20(11-9-18)26(32)28-16-4-7-25-29-22-5-2-3-6-23(22)30(25)17-24(31)19-12-14-21(27)15-13-19/h2-3,5-6,8-15H,4,7,16-17H2,1H3,(H,28,32). The van der Waals surface area contributed by atoms with Gasteiger partial charge in [-0.15, -0.1) is 0 Å². The minimum Gasteiger partial charge on any atom is -0.352 e. The monoisotopic (exact) mass is 445 g/mol. The smallest absolute Gasteiger partial charge is 0.251 e. The molecule has 1 N–H and O–H groups in total. The highest BCUT2D eigenvalue weighted by atomic mass is 35.5. The summed E-state index contributed by atoms with van der Waals surface area (Å²) in [6, 6.07) is 22.2. The van der Waals surface area contributed by atoms with Crippen LogP contribution in [-0.4, -0.2) is 27.8 Å². The third-order valence-corrected chi connectivity index (χ3v) is 5.63. The van der Waals surface area contributed by atoms with E-state index in [9.17, 15) is 9.59 Å². The fourth-order valence-electron chi connectivity index (χ4n) is 3.62. The maximum absolute atomic E-state index is 12.9. The average molecular weight is 446 g/mol. The molecule has 32 heavy (non-hydrogen) atoms. The molecule has 0 spiro atoms. The number of aryl methyl sites for hydroxylation is 2. The summed E-state index contributed by atoms with van der Waals surface area (Å²) in [5.41, 5.74) is 4.16. The lowest BCUT2D eigenvalue weighted by Gasteiger charge is -2.10. The molecule has 0 atom stereocenters. The highest BCUT2D eigenvalue weighted by Gasteiger charge is 2.15. The van der Waals surface area contributed by atoms with Crippen LogP contribution in [0, 0.1) is 6.92 Å². The summed E-state index contributed by atoms with van der Waals surface area (Å²) < 4.78 is 1.97. The number of para-hydroxylation sites is 2. The Kier molecular flexibility index (Phi) is 6.66. The van der Waals surface area contributed by atoms with Crippen LogP contribution < -0.4 is 5.32 Å². The molecule has 5 nitrogen and oxygen atoms in total. The van der Waals surface area contributed by atoms with Crippen molar-refractivity contribution in [2.75, 3.05) is 6.54 Å². The van der Waals surface area contributed by atoms with E-state index >= 15 is 0 Å². The number of carbonyl (C=O) groups excluding carboxylic acids is 2. The number of amides is 1. The van der Waals surface area contributed by atoms with E-state index in [1.165, 1.54) is 0 Å². The largest absolute Gasteiger partial charge is 0.352 e. The zero-order valence-corrected chi connectivity index (χ0v) is 18.6. The first kappa shape index (κ1) is 21.8. The average Bonchev–Trinajstić information content (AvgIpc) is 3.14. The van der Waals surface area contributed by atoms with Crippen LogP contribution in [0.2, 0.25) is 5.02 Å². The molecule has 1 aromatic heterocycles. The fraction of sp³-hybridized carbons (Fsp3) is 0.192. The summed E-state index contributed by atoms with van der Waals surface area (Å²) in [5.74, 6) is 0.744. The van der Waals surface area contributed by atoms with Crippen molar-refractivity contribution in [3.8, 4) is 0 Å². The van der Waals surface area contributed by atoms with Crippen molar-refractivity contribution in [3.63, 3.8) is 0 Å². The van der Waals surface area contributed by atoms with Crippen LogP contribution >= 0.6 is 11.6 Å². The molecule has 0 aliphatic carbocycles. The first-order valence-corrected chi connectivity index (χ1v) is 11.0. The molecule has 0 bridgehead atoms. The van der Waals surface area contributed by atoms with Gasteiger partial charge in [0, 0.05) is 29.1 Å². The van der Waals surface area contributed by atoms with Gasteiger partial charge in [0.25, 0.3) is 5.91 Å². The summed E-state index contributed by atoms with van der Waals surface area (Å²) in [7, 11) is 0. The number of hydrogen-bond acceptors (Lipinski definition) is 3. The second-order valence-electron chi connectivity index (χ2n) is 7.76. The van der Waals surface area contributed by atoms with Gasteiger partial charge < -0.3 is 9.88 Å². The van der Waals surface area contributed by atoms with E-state index in [-0.39, 0.29) is 18.2 Å². The Morgan fingerprint density at radius 3 is 2.38 bits per heavy atom. The maximum atomic E-state index is 12.9. The van der Waals surface area contributed by atoms with Crippen molar-refractivity contribution in [3.05, 3.63) is 100 Å². The molecule has 0 saturated carbocycles. The number of nitrogens with one attached hydrogen (secondary N) is 1. The van der Waals surface area contributed by atoms with Crippen LogP contribution in [0.5, 0.6) is 0 Å². The lowest BCUT2D eigenvalue weighted by molar-refractivity contribution is 0.0951. The van der Waals surface area contributed by atoms with Crippen molar-refractivity contribution >= 4 is 34.3 Å². The van der Waals surface area contributed by atoms with Crippen molar-refractivity contribution < 1.29 is 9.59 Å². The maximum Gasteiger partial charge on any atom is 0.251 e. The van der Waals surface area contributed by atoms with E-state index in [0.29, 0.717) is 29.1 Å². The molecular formula is C26H24ClN3O2. The van der Waals surface area contributed by atoms with Crippen LogP contribution in [0.25, 0.3) is 11.0 Å². The van der Waals surface area contributed by atoms with E-state index in [4.69, 9.17) is 16.6 Å². The first-order valence-electron chi connectivity index (χ1n) is 10.6. The van der Waals surface area contributed by atoms with Gasteiger partial charge in [0.2, 0.25) is 0 Å². The van der Waals surface area contributed by atoms with Gasteiger partial charge in [0.15, 0.2) is 5.78 Å². The predicted octanol–water partition coefficient (Wildman–Crippen LogP) is 5.24. The van der Waals surface area contributed by atoms with Gasteiger partial charge >= 0.3 is 0 Å². The molecule has 0 fully saturated rings. The minimum absolute atomic E-state index is 0.00116. The number of imidazole rings is 1. The van der Waals surface area contributed by atoms with Gasteiger partial charge in [-0.25, -0.2) is 4.98 Å². The Balaban J connectivity index is 1.44. The van der Waals surface area contributed by atoms with Gasteiger partial charge in [-0.05, 0) is 61.9 Å². The Morgan fingerprint density at radius 1 is 0.938 bits per heavy atom. The number of Topliss-reactive ketones (excluding diaryl/α,β-unsaturated/α-hetero) is 1. The van der Waals surface area contributed by atoms with Crippen molar-refractivity contribution in [1.82, 2.24) is 14.9 Å². The Bertz CT molecular complexity index is 1240. The third kappa shape index (κ3) is 5.06. The Hall–Kier alpha value is -3.44. The molecule has 0 unspecified atom stereocenters. The van der Waals surface area contributed by atoms with Crippen molar-refractivity contribution in [1.29, 1.82) is 0 Å². The number of aromatic nitrogens is 2. The lowest BCUT2D eigenvalue weighted by Crippen LogP contribution is -2.25. The minimum atomic E-state index is -0.0866. The second-order valence-corrected chi connectivity index (χ2v) is 8.19. The van der Waals surface area contributed by atoms with E-state index in [2.05, 4.69) is 5.32 Å². The SMILES string of the molecule is Cc1ccc(C(=O)NCCCc2nc3ccccc3n2CC(=O)c2ccc(Cl)cc2)cc1. The molecule has 4 aromatic rings. The number of fused-ring (bicyclic) bond motifs is 1. The highest BCUT2D eigenvalue weighted by Crippen LogP contribution is 2.19. The summed E-state index contributed by atoms with van der Waals surface area (Å²) in [6.45, 7) is 2.72. The van der Waals surface area contributed by atoms with Gasteiger partial charge in [-0.2, -0.15) is 0 Å². The molecule has 3 aromatic carbocycles. The number of hydrogen-bond donors (Lipinski definition) is 1. The Morgan fingerprint density at radius 2 is 1.62 bits per heavy atom. The lowest BCUT2D eigenvalue weighted by atomic mass is 10.1. The molecule has 4 rings (SSSR count). The van der Waals surface area contributed by atoms with Crippen molar-refractivity contribution in [2.45, 2.75) is 26.3 Å². The van der Waals surface area contributed by atoms with Crippen LogP contribution in [-0.2, 0) is 13.0 Å². The number of halogens is 1. The van der Waals surface area contributed by atoms with Crippen molar-refractivity contribution in [2.24, 2.45) is 0 Å². The molecule has 0 saturated heterocycles. The van der Waals surface area contributed by atoms with E-state index in [1.54, 1.807) is 24.3 Å². The molecule has 0 radical (unpaired) electrons. The third-order valence-electron chi connectivity index (χ3n) is 5.38. The van der Waals surface area contributed by atoms with Crippen LogP contribution in [0.1, 0.15) is 38.5 Å². The van der Waals surface area contributed by atoms with Crippen LogP contribution in [0.4, 0.5) is 0 Å². The first-order chi connectivity index (χ1) is 15.5. The molecular weight excluding hydrogens is 422 g/mol. The summed E-state index contributed by atoms with van der Waals surface area (Å²) in [5, 5.41) is 3.56. The quantitative estimate of drug-likeness (QED) is 0.298. The number of carbonyl (C=O) groups is 2. The van der Waals surface area contributed by atoms with Gasteiger partial charge in [0.05, 0.1) is 17.6 Å². The molecule has 1 amide bonds. The van der Waals surface area contributed by atoms with Crippen LogP contribution in [0.15, 0.2) is 72.8 Å². The molecule has 1 heterocycles. The summed E-state index contributed by atoms with van der Waals surface area (Å²) in [4.78, 5) is 29.9. The highest BCUT2D eigenvalue weighted by molar-refractivity contribution is 6.30. The van der Waals surface area contributed by atoms with Crippen LogP contribution in [0.3, 0.4) is 0 Å². The molecule has 162 valence electrons. The van der Waals surface area contributed by atoms with Gasteiger partial charge in [0.1, 0.15) is 5.82 Å². The van der Waals surface area contributed by atoms with Gasteiger partial charge in [-0.1, -0.05) is 41.4 Å². The topological polar surface area (TPSA) is 64.0 Å². The number of benzene rings is 3. The predicted molar refractivity (Wildman–Crippen MR) is 127 cm³/mol. The summed E-state index contributed by atoms with van der Waals surface area (Å²) >= 11 is 5.95. The summed E-state index contributed by atoms with van der Waals surface area (Å²) in [6.07, 6.45) is 1.37. The normalized spacial score (nSPS) is 10.9. The Labute approximate surface area is 192 Å². The van der Waals surface area contributed by atoms with Gasteiger partial charge in [-0.3, -0.25) is 9.59 Å². The zero-order chi connectivity index (χ0) is 22.5. The van der Waals surface area contributed by atoms with E-state index < -0.39 is 0 Å². The fourth-order valence-corrected chi connectivity index (χ4v) is 3.74. The number of ketones is 1. The zero-order valence-electron chi connectivity index (χ0n) is 17.8.